The first-order chi connectivity index (χ1) is 14.5. The lowest BCUT2D eigenvalue weighted by Crippen LogP contribution is -2.05. The number of rotatable bonds is 9. The van der Waals surface area contributed by atoms with E-state index in [0.717, 1.165) is 5.56 Å². The summed E-state index contributed by atoms with van der Waals surface area (Å²) in [7, 11) is 3.05. The molecule has 3 aromatic carbocycles. The van der Waals surface area contributed by atoms with Gasteiger partial charge in [-0.25, -0.2) is 9.18 Å². The van der Waals surface area contributed by atoms with Crippen LogP contribution in [0.5, 0.6) is 17.2 Å². The van der Waals surface area contributed by atoms with Crippen LogP contribution in [0.3, 0.4) is 0 Å². The SMILES string of the molecule is COc1ccc(C(=O)O)cc1NCc1ccc(OCc2ccccc2F)c(OC)c1. The third kappa shape index (κ3) is 5.00. The fraction of sp³-hybridized carbons (Fsp3) is 0.174. The van der Waals surface area contributed by atoms with Crippen LogP contribution in [0.15, 0.2) is 60.7 Å². The van der Waals surface area contributed by atoms with Crippen molar-refractivity contribution in [1.82, 2.24) is 0 Å². The highest BCUT2D eigenvalue weighted by Gasteiger charge is 2.11. The quantitative estimate of drug-likeness (QED) is 0.530. The third-order valence-electron chi connectivity index (χ3n) is 4.50. The fourth-order valence-electron chi connectivity index (χ4n) is 2.89. The van der Waals surface area contributed by atoms with Gasteiger partial charge in [-0.2, -0.15) is 0 Å². The largest absolute Gasteiger partial charge is 0.495 e. The Morgan fingerprint density at radius 2 is 1.70 bits per heavy atom. The first kappa shape index (κ1) is 21.0. The predicted octanol–water partition coefficient (Wildman–Crippen LogP) is 4.73. The van der Waals surface area contributed by atoms with E-state index in [9.17, 15) is 14.3 Å². The molecule has 0 heterocycles. The minimum Gasteiger partial charge on any atom is -0.495 e. The molecule has 0 spiro atoms. The molecule has 0 unspecified atom stereocenters. The first-order valence-electron chi connectivity index (χ1n) is 9.20. The molecule has 0 bridgehead atoms. The van der Waals surface area contributed by atoms with Crippen molar-refractivity contribution in [3.8, 4) is 17.2 Å². The summed E-state index contributed by atoms with van der Waals surface area (Å²) in [5.41, 5.74) is 2.06. The molecule has 0 saturated heterocycles. The van der Waals surface area contributed by atoms with E-state index in [1.165, 1.54) is 32.4 Å². The summed E-state index contributed by atoms with van der Waals surface area (Å²) in [6.45, 7) is 0.489. The molecule has 2 N–H and O–H groups in total. The van der Waals surface area contributed by atoms with Crippen molar-refractivity contribution >= 4 is 11.7 Å². The number of nitrogens with one attached hydrogen (secondary N) is 1. The molecule has 6 nitrogen and oxygen atoms in total. The van der Waals surface area contributed by atoms with Gasteiger partial charge in [0.25, 0.3) is 0 Å². The summed E-state index contributed by atoms with van der Waals surface area (Å²) in [5, 5.41) is 12.4. The van der Waals surface area contributed by atoms with E-state index >= 15 is 0 Å². The van der Waals surface area contributed by atoms with Crippen LogP contribution < -0.4 is 19.5 Å². The number of carboxylic acid groups (broad SMARTS) is 1. The Balaban J connectivity index is 1.71. The Morgan fingerprint density at radius 1 is 0.967 bits per heavy atom. The van der Waals surface area contributed by atoms with E-state index in [1.54, 1.807) is 36.4 Å². The highest BCUT2D eigenvalue weighted by atomic mass is 19.1. The summed E-state index contributed by atoms with van der Waals surface area (Å²) in [4.78, 5) is 11.2. The van der Waals surface area contributed by atoms with Crippen molar-refractivity contribution in [2.75, 3.05) is 19.5 Å². The smallest absolute Gasteiger partial charge is 0.335 e. The monoisotopic (exact) mass is 411 g/mol. The lowest BCUT2D eigenvalue weighted by Gasteiger charge is -2.15. The van der Waals surface area contributed by atoms with Crippen LogP contribution in [0.2, 0.25) is 0 Å². The van der Waals surface area contributed by atoms with Crippen molar-refractivity contribution in [3.05, 3.63) is 83.2 Å². The molecule has 0 aliphatic carbocycles. The highest BCUT2D eigenvalue weighted by molar-refractivity contribution is 5.89. The van der Waals surface area contributed by atoms with Gasteiger partial charge in [0.2, 0.25) is 0 Å². The van der Waals surface area contributed by atoms with Crippen LogP contribution in [0, 0.1) is 5.82 Å². The van der Waals surface area contributed by atoms with Gasteiger partial charge in [-0.15, -0.1) is 0 Å². The van der Waals surface area contributed by atoms with Crippen LogP contribution in [0.1, 0.15) is 21.5 Å². The predicted molar refractivity (Wildman–Crippen MR) is 111 cm³/mol. The van der Waals surface area contributed by atoms with E-state index in [0.29, 0.717) is 35.0 Å². The maximum absolute atomic E-state index is 13.8. The van der Waals surface area contributed by atoms with Crippen LogP contribution >= 0.6 is 0 Å². The molecule has 3 rings (SSSR count). The van der Waals surface area contributed by atoms with Crippen molar-refractivity contribution in [2.24, 2.45) is 0 Å². The normalized spacial score (nSPS) is 10.4. The minimum atomic E-state index is -1.02. The van der Waals surface area contributed by atoms with E-state index in [-0.39, 0.29) is 18.0 Å². The number of benzene rings is 3. The van der Waals surface area contributed by atoms with Gasteiger partial charge in [-0.05, 0) is 42.0 Å². The average molecular weight is 411 g/mol. The Kier molecular flexibility index (Phi) is 6.75. The summed E-state index contributed by atoms with van der Waals surface area (Å²) in [6, 6.07) is 16.4. The van der Waals surface area contributed by atoms with Crippen LogP contribution in [-0.4, -0.2) is 25.3 Å². The van der Waals surface area contributed by atoms with E-state index < -0.39 is 5.97 Å². The van der Waals surface area contributed by atoms with Gasteiger partial charge in [-0.1, -0.05) is 24.3 Å². The molecular weight excluding hydrogens is 389 g/mol. The molecule has 0 saturated carbocycles. The summed E-state index contributed by atoms with van der Waals surface area (Å²) in [5.74, 6) is 0.206. The zero-order valence-corrected chi connectivity index (χ0v) is 16.6. The third-order valence-corrected chi connectivity index (χ3v) is 4.50. The van der Waals surface area contributed by atoms with Crippen LogP contribution in [0.25, 0.3) is 0 Å². The maximum Gasteiger partial charge on any atom is 0.335 e. The second-order valence-corrected chi connectivity index (χ2v) is 6.44. The average Bonchev–Trinajstić information content (AvgIpc) is 2.77. The molecule has 0 amide bonds. The molecule has 0 aliphatic heterocycles. The first-order valence-corrected chi connectivity index (χ1v) is 9.20. The number of ether oxygens (including phenoxy) is 3. The molecule has 0 fully saturated rings. The standard InChI is InChI=1S/C23H22FNO5/c1-28-20-10-8-16(23(26)27)12-19(20)25-13-15-7-9-21(22(11-15)29-2)30-14-17-5-3-4-6-18(17)24/h3-12,25H,13-14H2,1-2H3,(H,26,27). The van der Waals surface area contributed by atoms with Gasteiger partial charge in [0, 0.05) is 12.1 Å². The van der Waals surface area contributed by atoms with Gasteiger partial charge in [0.05, 0.1) is 25.5 Å². The van der Waals surface area contributed by atoms with Gasteiger partial charge in [0.1, 0.15) is 18.2 Å². The second kappa shape index (κ2) is 9.65. The number of carboxylic acids is 1. The minimum absolute atomic E-state index is 0.0831. The summed E-state index contributed by atoms with van der Waals surface area (Å²) < 4.78 is 30.2. The van der Waals surface area contributed by atoms with Gasteiger partial charge < -0.3 is 24.6 Å². The molecule has 7 heteroatoms. The van der Waals surface area contributed by atoms with Crippen molar-refractivity contribution in [3.63, 3.8) is 0 Å². The number of aromatic carboxylic acids is 1. The van der Waals surface area contributed by atoms with Crippen molar-refractivity contribution in [1.29, 1.82) is 0 Å². The van der Waals surface area contributed by atoms with Crippen LogP contribution in [-0.2, 0) is 13.2 Å². The highest BCUT2D eigenvalue weighted by Crippen LogP contribution is 2.30. The zero-order valence-electron chi connectivity index (χ0n) is 16.6. The number of hydrogen-bond acceptors (Lipinski definition) is 5. The lowest BCUT2D eigenvalue weighted by atomic mass is 10.1. The Bertz CT molecular complexity index is 1040. The zero-order chi connectivity index (χ0) is 21.5. The number of methoxy groups -OCH3 is 2. The second-order valence-electron chi connectivity index (χ2n) is 6.44. The number of hydrogen-bond donors (Lipinski definition) is 2. The number of anilines is 1. The topological polar surface area (TPSA) is 77.0 Å². The lowest BCUT2D eigenvalue weighted by molar-refractivity contribution is 0.0697. The van der Waals surface area contributed by atoms with E-state index in [4.69, 9.17) is 14.2 Å². The fourth-order valence-corrected chi connectivity index (χ4v) is 2.89. The summed E-state index contributed by atoms with van der Waals surface area (Å²) in [6.07, 6.45) is 0. The van der Waals surface area contributed by atoms with E-state index in [1.807, 2.05) is 6.07 Å². The molecule has 3 aromatic rings. The molecule has 0 aliphatic rings. The molecular formula is C23H22FNO5. The Labute approximate surface area is 173 Å². The van der Waals surface area contributed by atoms with Gasteiger partial charge in [-0.3, -0.25) is 0 Å². The van der Waals surface area contributed by atoms with Crippen molar-refractivity contribution in [2.45, 2.75) is 13.2 Å². The van der Waals surface area contributed by atoms with E-state index in [2.05, 4.69) is 5.32 Å². The molecule has 156 valence electrons. The molecule has 0 radical (unpaired) electrons. The molecule has 0 atom stereocenters. The molecule has 30 heavy (non-hydrogen) atoms. The van der Waals surface area contributed by atoms with Crippen LogP contribution in [0.4, 0.5) is 10.1 Å². The molecule has 0 aromatic heterocycles. The maximum atomic E-state index is 13.8. The number of carbonyl (C=O) groups is 1. The summed E-state index contributed by atoms with van der Waals surface area (Å²) >= 11 is 0. The van der Waals surface area contributed by atoms with Crippen molar-refractivity contribution < 1.29 is 28.5 Å². The van der Waals surface area contributed by atoms with Gasteiger partial charge in [0.15, 0.2) is 11.5 Å². The Morgan fingerprint density at radius 3 is 2.40 bits per heavy atom. The van der Waals surface area contributed by atoms with Gasteiger partial charge >= 0.3 is 5.97 Å². The number of halogens is 1. The Hall–Kier alpha value is -3.74.